The van der Waals surface area contributed by atoms with E-state index in [1.807, 2.05) is 16.7 Å². The zero-order valence-corrected chi connectivity index (χ0v) is 15.3. The molecule has 3 aromatic rings. The van der Waals surface area contributed by atoms with Crippen molar-refractivity contribution >= 4 is 33.3 Å². The fourth-order valence-corrected chi connectivity index (χ4v) is 4.80. The predicted octanol–water partition coefficient (Wildman–Crippen LogP) is 3.04. The summed E-state index contributed by atoms with van der Waals surface area (Å²) in [5.41, 5.74) is 0.723. The molecule has 1 atom stereocenters. The molecule has 1 fully saturated rings. The van der Waals surface area contributed by atoms with Crippen LogP contribution in [0.5, 0.6) is 0 Å². The molecule has 0 spiro atoms. The number of rotatable bonds is 4. The molecule has 0 radical (unpaired) electrons. The van der Waals surface area contributed by atoms with E-state index in [9.17, 15) is 8.42 Å². The minimum absolute atomic E-state index is 0. The molecule has 4 rings (SSSR count). The molecule has 5 nitrogen and oxygen atoms in total. The molecule has 1 aliphatic rings. The molecule has 1 aliphatic heterocycles. The maximum Gasteiger partial charge on any atom is 0.208 e. The Morgan fingerprint density at radius 3 is 2.68 bits per heavy atom. The smallest absolute Gasteiger partial charge is 0.208 e. The van der Waals surface area contributed by atoms with Crippen molar-refractivity contribution in [2.24, 2.45) is 0 Å². The van der Waals surface area contributed by atoms with Gasteiger partial charge in [0.2, 0.25) is 9.84 Å². The topological polar surface area (TPSA) is 64.0 Å². The summed E-state index contributed by atoms with van der Waals surface area (Å²) in [4.78, 5) is 5.06. The van der Waals surface area contributed by atoms with Crippen LogP contribution in [0.15, 0.2) is 64.6 Å². The van der Waals surface area contributed by atoms with E-state index in [0.717, 1.165) is 31.6 Å². The van der Waals surface area contributed by atoms with Crippen LogP contribution in [0.1, 0.15) is 12.8 Å². The van der Waals surface area contributed by atoms with Gasteiger partial charge in [-0.1, -0.05) is 18.2 Å². The molecule has 7 heteroatoms. The largest absolute Gasteiger partial charge is 0.330 e. The van der Waals surface area contributed by atoms with Crippen LogP contribution in [0.3, 0.4) is 0 Å². The van der Waals surface area contributed by atoms with Gasteiger partial charge in [-0.25, -0.2) is 13.4 Å². The van der Waals surface area contributed by atoms with Crippen LogP contribution in [0, 0.1) is 0 Å². The number of aromatic nitrogens is 2. The van der Waals surface area contributed by atoms with Crippen molar-refractivity contribution in [3.63, 3.8) is 0 Å². The Morgan fingerprint density at radius 2 is 1.96 bits per heavy atom. The summed E-state index contributed by atoms with van der Waals surface area (Å²) in [6.07, 6.45) is 5.71. The molecule has 25 heavy (non-hydrogen) atoms. The lowest BCUT2D eigenvalue weighted by Crippen LogP contribution is -2.26. The third kappa shape index (κ3) is 3.29. The lowest BCUT2D eigenvalue weighted by atomic mass is 10.2. The molecule has 2 aromatic heterocycles. The Kier molecular flexibility index (Phi) is 5.13. The number of nitrogens with zero attached hydrogens (tertiary/aromatic N) is 2. The highest BCUT2D eigenvalue weighted by Crippen LogP contribution is 2.29. The number of fused-ring (bicyclic) bond motifs is 1. The Bertz CT molecular complexity index is 964. The molecule has 0 amide bonds. The average molecular weight is 378 g/mol. The molecule has 0 bridgehead atoms. The van der Waals surface area contributed by atoms with Crippen LogP contribution in [0.2, 0.25) is 0 Å². The van der Waals surface area contributed by atoms with E-state index in [0.29, 0.717) is 21.2 Å². The summed E-state index contributed by atoms with van der Waals surface area (Å²) < 4.78 is 28.0. The summed E-state index contributed by atoms with van der Waals surface area (Å²) in [6, 6.07) is 12.5. The van der Waals surface area contributed by atoms with Gasteiger partial charge in [-0.15, -0.1) is 12.4 Å². The van der Waals surface area contributed by atoms with Crippen molar-refractivity contribution in [1.29, 1.82) is 0 Å². The molecule has 1 aromatic carbocycles. The normalized spacial score (nSPS) is 17.5. The summed E-state index contributed by atoms with van der Waals surface area (Å²) in [7, 11) is -3.56. The third-order valence-corrected chi connectivity index (χ3v) is 6.32. The number of halogens is 1. The first-order valence-corrected chi connectivity index (χ1v) is 9.62. The SMILES string of the molecule is Cl.O=S(=O)(c1ccccc1)c1cn(CC2CCCN2)c2ncccc12. The van der Waals surface area contributed by atoms with E-state index < -0.39 is 9.84 Å². The number of nitrogens with one attached hydrogen (secondary N) is 1. The van der Waals surface area contributed by atoms with Gasteiger partial charge in [-0.3, -0.25) is 0 Å². The second-order valence-corrected chi connectivity index (χ2v) is 8.05. The predicted molar refractivity (Wildman–Crippen MR) is 99.9 cm³/mol. The number of sulfone groups is 1. The summed E-state index contributed by atoms with van der Waals surface area (Å²) in [5.74, 6) is 0. The first kappa shape index (κ1) is 17.9. The highest BCUT2D eigenvalue weighted by atomic mass is 35.5. The number of pyridine rings is 1. The molecule has 132 valence electrons. The lowest BCUT2D eigenvalue weighted by molar-refractivity contribution is 0.515. The van der Waals surface area contributed by atoms with Crippen LogP contribution in [-0.4, -0.2) is 30.6 Å². The van der Waals surface area contributed by atoms with Crippen molar-refractivity contribution in [3.8, 4) is 0 Å². The van der Waals surface area contributed by atoms with Crippen molar-refractivity contribution in [3.05, 3.63) is 54.9 Å². The molecule has 1 unspecified atom stereocenters. The zero-order chi connectivity index (χ0) is 16.6. The molecule has 1 saturated heterocycles. The van der Waals surface area contributed by atoms with E-state index in [4.69, 9.17) is 0 Å². The van der Waals surface area contributed by atoms with Gasteiger partial charge in [0.15, 0.2) is 0 Å². The van der Waals surface area contributed by atoms with E-state index in [1.165, 1.54) is 0 Å². The lowest BCUT2D eigenvalue weighted by Gasteiger charge is -2.11. The van der Waals surface area contributed by atoms with Gasteiger partial charge < -0.3 is 9.88 Å². The van der Waals surface area contributed by atoms with E-state index in [-0.39, 0.29) is 12.4 Å². The molecule has 0 saturated carbocycles. The number of hydrogen-bond acceptors (Lipinski definition) is 4. The zero-order valence-electron chi connectivity index (χ0n) is 13.6. The third-order valence-electron chi connectivity index (χ3n) is 4.52. The van der Waals surface area contributed by atoms with Gasteiger partial charge in [0.25, 0.3) is 0 Å². The Hall–Kier alpha value is -1.89. The first-order valence-electron chi connectivity index (χ1n) is 8.13. The summed E-state index contributed by atoms with van der Waals surface area (Å²) >= 11 is 0. The minimum atomic E-state index is -3.56. The van der Waals surface area contributed by atoms with Crippen LogP contribution in [-0.2, 0) is 16.4 Å². The molecule has 0 aliphatic carbocycles. The molecular weight excluding hydrogens is 358 g/mol. The second-order valence-electron chi connectivity index (χ2n) is 6.13. The summed E-state index contributed by atoms with van der Waals surface area (Å²) in [6.45, 7) is 1.75. The van der Waals surface area contributed by atoms with E-state index in [1.54, 1.807) is 42.7 Å². The van der Waals surface area contributed by atoms with Gasteiger partial charge in [-0.05, 0) is 43.7 Å². The maximum absolute atomic E-state index is 13.0. The molecule has 1 N–H and O–H groups in total. The van der Waals surface area contributed by atoms with E-state index in [2.05, 4.69) is 10.3 Å². The number of benzene rings is 1. The Balaban J connectivity index is 0.00000182. The Labute approximate surface area is 153 Å². The van der Waals surface area contributed by atoms with Crippen LogP contribution in [0.4, 0.5) is 0 Å². The van der Waals surface area contributed by atoms with Crippen molar-refractivity contribution in [2.45, 2.75) is 35.2 Å². The number of hydrogen-bond donors (Lipinski definition) is 1. The monoisotopic (exact) mass is 377 g/mol. The standard InChI is InChI=1S/C18H19N3O2S.ClH/c22-24(23,15-7-2-1-3-8-15)17-13-21(12-14-6-4-10-19-14)18-16(17)9-5-11-20-18;/h1-3,5,7-9,11,13-14,19H,4,6,10,12H2;1H. The highest BCUT2D eigenvalue weighted by Gasteiger charge is 2.25. The quantitative estimate of drug-likeness (QED) is 0.759. The molecular formula is C18H20ClN3O2S. The Morgan fingerprint density at radius 1 is 1.16 bits per heavy atom. The molecule has 3 heterocycles. The van der Waals surface area contributed by atoms with Gasteiger partial charge in [-0.2, -0.15) is 0 Å². The first-order chi connectivity index (χ1) is 11.7. The van der Waals surface area contributed by atoms with Gasteiger partial charge >= 0.3 is 0 Å². The van der Waals surface area contributed by atoms with Crippen molar-refractivity contribution in [1.82, 2.24) is 14.9 Å². The highest BCUT2D eigenvalue weighted by molar-refractivity contribution is 7.91. The fourth-order valence-electron chi connectivity index (χ4n) is 3.32. The average Bonchev–Trinajstić information content (AvgIpc) is 3.25. The van der Waals surface area contributed by atoms with Crippen LogP contribution in [0.25, 0.3) is 11.0 Å². The van der Waals surface area contributed by atoms with E-state index >= 15 is 0 Å². The van der Waals surface area contributed by atoms with Gasteiger partial charge in [0, 0.05) is 30.4 Å². The van der Waals surface area contributed by atoms with Gasteiger partial charge in [0.05, 0.1) is 9.79 Å². The van der Waals surface area contributed by atoms with Crippen molar-refractivity contribution in [2.75, 3.05) is 6.54 Å². The summed E-state index contributed by atoms with van der Waals surface area (Å²) in [5, 5.41) is 4.13. The maximum atomic E-state index is 13.0. The van der Waals surface area contributed by atoms with Crippen LogP contribution < -0.4 is 5.32 Å². The minimum Gasteiger partial charge on any atom is -0.330 e. The van der Waals surface area contributed by atoms with Gasteiger partial charge in [0.1, 0.15) is 5.65 Å². The van der Waals surface area contributed by atoms with Crippen LogP contribution >= 0.6 is 12.4 Å². The van der Waals surface area contributed by atoms with Crippen molar-refractivity contribution < 1.29 is 8.42 Å². The second kappa shape index (κ2) is 7.15. The fraction of sp³-hybridized carbons (Fsp3) is 0.278.